The first-order valence-corrected chi connectivity index (χ1v) is 9.10. The second-order valence-corrected chi connectivity index (χ2v) is 7.08. The van der Waals surface area contributed by atoms with Crippen LogP contribution in [0, 0.1) is 12.7 Å². The van der Waals surface area contributed by atoms with E-state index in [4.69, 9.17) is 14.6 Å². The molecule has 10 heteroatoms. The van der Waals surface area contributed by atoms with Gasteiger partial charge in [-0.1, -0.05) is 6.07 Å². The summed E-state index contributed by atoms with van der Waals surface area (Å²) in [4.78, 5) is 23.5. The minimum Gasteiger partial charge on any atom is -0.495 e. The van der Waals surface area contributed by atoms with E-state index in [1.807, 2.05) is 6.92 Å². The van der Waals surface area contributed by atoms with E-state index in [-0.39, 0.29) is 0 Å². The molecule has 27 heavy (non-hydrogen) atoms. The van der Waals surface area contributed by atoms with Gasteiger partial charge in [-0.2, -0.15) is 0 Å². The number of benzene rings is 2. The van der Waals surface area contributed by atoms with Crippen LogP contribution < -0.4 is 15.2 Å². The zero-order valence-electron chi connectivity index (χ0n) is 14.5. The van der Waals surface area contributed by atoms with Crippen molar-refractivity contribution in [3.63, 3.8) is 0 Å². The molecule has 0 spiro atoms. The summed E-state index contributed by atoms with van der Waals surface area (Å²) in [6.45, 7) is 1.10. The summed E-state index contributed by atoms with van der Waals surface area (Å²) in [5, 5.41) is 7.45. The van der Waals surface area contributed by atoms with E-state index >= 15 is 0 Å². The number of amides is 1. The molecule has 1 amide bonds. The van der Waals surface area contributed by atoms with Crippen molar-refractivity contribution in [3.8, 4) is 5.75 Å². The SMILES string of the molecule is COc1ccc(C)cc1NC(=O)COC(=O)c1cc(S(N)(=O)=O)ccc1F. The molecule has 2 rings (SSSR count). The fraction of sp³-hybridized carbons (Fsp3) is 0.176. The molecule has 3 N–H and O–H groups in total. The number of carbonyl (C=O) groups is 2. The number of aryl methyl sites for hydroxylation is 1. The van der Waals surface area contributed by atoms with Crippen LogP contribution >= 0.6 is 0 Å². The van der Waals surface area contributed by atoms with Crippen molar-refractivity contribution in [2.45, 2.75) is 11.8 Å². The van der Waals surface area contributed by atoms with Crippen LogP contribution in [0.5, 0.6) is 5.75 Å². The molecule has 2 aromatic rings. The molecule has 0 saturated heterocycles. The number of hydrogen-bond donors (Lipinski definition) is 2. The molecule has 0 atom stereocenters. The first-order chi connectivity index (χ1) is 12.6. The Hall–Kier alpha value is -2.98. The van der Waals surface area contributed by atoms with Gasteiger partial charge in [0, 0.05) is 0 Å². The van der Waals surface area contributed by atoms with Crippen molar-refractivity contribution in [1.82, 2.24) is 0 Å². The molecule has 0 aliphatic carbocycles. The number of ether oxygens (including phenoxy) is 2. The third-order valence-corrected chi connectivity index (χ3v) is 4.36. The maximum atomic E-state index is 13.8. The second-order valence-electron chi connectivity index (χ2n) is 5.51. The first kappa shape index (κ1) is 20.3. The number of nitrogens with two attached hydrogens (primary N) is 1. The predicted octanol–water partition coefficient (Wildman–Crippen LogP) is 1.59. The normalized spacial score (nSPS) is 11.0. The number of hydrogen-bond acceptors (Lipinski definition) is 6. The minimum atomic E-state index is -4.13. The third-order valence-electron chi connectivity index (χ3n) is 3.45. The molecule has 0 aliphatic rings. The van der Waals surface area contributed by atoms with E-state index in [2.05, 4.69) is 5.32 Å². The quantitative estimate of drug-likeness (QED) is 0.715. The smallest absolute Gasteiger partial charge is 0.341 e. The Labute approximate surface area is 155 Å². The van der Waals surface area contributed by atoms with Gasteiger partial charge in [0.25, 0.3) is 5.91 Å². The van der Waals surface area contributed by atoms with Gasteiger partial charge in [0.2, 0.25) is 10.0 Å². The Morgan fingerprint density at radius 2 is 1.89 bits per heavy atom. The van der Waals surface area contributed by atoms with Crippen molar-refractivity contribution < 1.29 is 31.9 Å². The van der Waals surface area contributed by atoms with Gasteiger partial charge in [-0.3, -0.25) is 4.79 Å². The number of rotatable bonds is 6. The molecule has 0 unspecified atom stereocenters. The van der Waals surface area contributed by atoms with Gasteiger partial charge in [-0.25, -0.2) is 22.7 Å². The summed E-state index contributed by atoms with van der Waals surface area (Å²) >= 11 is 0. The van der Waals surface area contributed by atoms with Crippen LogP contribution in [0.4, 0.5) is 10.1 Å². The van der Waals surface area contributed by atoms with Crippen LogP contribution in [0.1, 0.15) is 15.9 Å². The largest absolute Gasteiger partial charge is 0.495 e. The Morgan fingerprint density at radius 3 is 2.52 bits per heavy atom. The summed E-state index contributed by atoms with van der Waals surface area (Å²) in [6.07, 6.45) is 0. The summed E-state index contributed by atoms with van der Waals surface area (Å²) in [7, 11) is -2.69. The van der Waals surface area contributed by atoms with Crippen molar-refractivity contribution >= 4 is 27.6 Å². The van der Waals surface area contributed by atoms with Crippen LogP contribution in [-0.4, -0.2) is 34.0 Å². The van der Waals surface area contributed by atoms with Crippen molar-refractivity contribution in [1.29, 1.82) is 0 Å². The Balaban J connectivity index is 2.08. The minimum absolute atomic E-state index is 0.376. The van der Waals surface area contributed by atoms with Crippen LogP contribution in [0.2, 0.25) is 0 Å². The van der Waals surface area contributed by atoms with E-state index in [0.717, 1.165) is 23.8 Å². The van der Waals surface area contributed by atoms with Crippen molar-refractivity contribution in [2.75, 3.05) is 19.0 Å². The van der Waals surface area contributed by atoms with Gasteiger partial charge in [0.1, 0.15) is 11.6 Å². The van der Waals surface area contributed by atoms with E-state index in [0.29, 0.717) is 11.4 Å². The second kappa shape index (κ2) is 8.14. The lowest BCUT2D eigenvalue weighted by molar-refractivity contribution is -0.119. The van der Waals surface area contributed by atoms with Gasteiger partial charge in [0.05, 0.1) is 23.3 Å². The highest BCUT2D eigenvalue weighted by molar-refractivity contribution is 7.89. The highest BCUT2D eigenvalue weighted by atomic mass is 32.2. The molecule has 0 aliphatic heterocycles. The average molecular weight is 396 g/mol. The van der Waals surface area contributed by atoms with Gasteiger partial charge >= 0.3 is 5.97 Å². The summed E-state index contributed by atoms with van der Waals surface area (Å²) < 4.78 is 46.2. The lowest BCUT2D eigenvalue weighted by Crippen LogP contribution is -2.22. The van der Waals surface area contributed by atoms with Crippen LogP contribution in [0.3, 0.4) is 0 Å². The summed E-state index contributed by atoms with van der Waals surface area (Å²) in [5.41, 5.74) is 0.591. The van der Waals surface area contributed by atoms with Crippen LogP contribution in [-0.2, 0) is 19.6 Å². The van der Waals surface area contributed by atoms with Gasteiger partial charge in [0.15, 0.2) is 6.61 Å². The number of nitrogens with one attached hydrogen (secondary N) is 1. The monoisotopic (exact) mass is 396 g/mol. The lowest BCUT2D eigenvalue weighted by atomic mass is 10.2. The topological polar surface area (TPSA) is 125 Å². The van der Waals surface area contributed by atoms with E-state index in [1.165, 1.54) is 7.11 Å². The average Bonchev–Trinajstić information content (AvgIpc) is 2.59. The van der Waals surface area contributed by atoms with Gasteiger partial charge in [-0.05, 0) is 42.8 Å². The molecule has 2 aromatic carbocycles. The summed E-state index contributed by atoms with van der Waals surface area (Å²) in [6, 6.07) is 7.54. The Morgan fingerprint density at radius 1 is 1.19 bits per heavy atom. The van der Waals surface area contributed by atoms with Gasteiger partial charge in [-0.15, -0.1) is 0 Å². The van der Waals surface area contributed by atoms with E-state index < -0.39 is 44.8 Å². The number of primary sulfonamides is 1. The standard InChI is InChI=1S/C17H17FN2O6S/c1-10-3-6-15(25-2)14(7-10)20-16(21)9-26-17(22)12-8-11(27(19,23)24)4-5-13(12)18/h3-8H,9H2,1-2H3,(H,20,21)(H2,19,23,24). The number of esters is 1. The molecular weight excluding hydrogens is 379 g/mol. The van der Waals surface area contributed by atoms with E-state index in [1.54, 1.807) is 18.2 Å². The molecule has 144 valence electrons. The van der Waals surface area contributed by atoms with Crippen molar-refractivity contribution in [2.24, 2.45) is 5.14 Å². The maximum absolute atomic E-state index is 13.8. The fourth-order valence-corrected chi connectivity index (χ4v) is 2.69. The molecule has 0 bridgehead atoms. The maximum Gasteiger partial charge on any atom is 0.341 e. The highest BCUT2D eigenvalue weighted by Gasteiger charge is 2.19. The fourth-order valence-electron chi connectivity index (χ4n) is 2.15. The first-order valence-electron chi connectivity index (χ1n) is 7.56. The van der Waals surface area contributed by atoms with Gasteiger partial charge < -0.3 is 14.8 Å². The predicted molar refractivity (Wildman–Crippen MR) is 94.4 cm³/mol. The van der Waals surface area contributed by atoms with Crippen LogP contribution in [0.15, 0.2) is 41.3 Å². The zero-order chi connectivity index (χ0) is 20.2. The molecule has 8 nitrogen and oxygen atoms in total. The molecule has 0 radical (unpaired) electrons. The number of anilines is 1. The number of carbonyl (C=O) groups excluding carboxylic acids is 2. The molecule has 0 heterocycles. The molecular formula is C17H17FN2O6S. The summed E-state index contributed by atoms with van der Waals surface area (Å²) in [5.74, 6) is -2.49. The molecule has 0 saturated carbocycles. The number of halogens is 1. The molecule has 0 fully saturated rings. The highest BCUT2D eigenvalue weighted by Crippen LogP contribution is 2.25. The third kappa shape index (κ3) is 5.25. The van der Waals surface area contributed by atoms with Crippen LogP contribution in [0.25, 0.3) is 0 Å². The molecule has 0 aromatic heterocycles. The zero-order valence-corrected chi connectivity index (χ0v) is 15.3. The van der Waals surface area contributed by atoms with E-state index in [9.17, 15) is 22.4 Å². The Bertz CT molecular complexity index is 991. The van der Waals surface area contributed by atoms with Crippen molar-refractivity contribution in [3.05, 3.63) is 53.3 Å². The Kier molecular flexibility index (Phi) is 6.13. The lowest BCUT2D eigenvalue weighted by Gasteiger charge is -2.11. The number of methoxy groups -OCH3 is 1. The number of sulfonamides is 1.